The fraction of sp³-hybridized carbons (Fsp3) is 0.455. The topological polar surface area (TPSA) is 35.5 Å². The minimum Gasteiger partial charge on any atom is -0.416 e. The minimum atomic E-state index is -3.26. The predicted octanol–water partition coefficient (Wildman–Crippen LogP) is 7.38. The second kappa shape index (κ2) is 9.28. The Morgan fingerprint density at radius 3 is 1.46 bits per heavy atom. The largest absolute Gasteiger partial charge is 0.430 e. The molecule has 0 aliphatic rings. The lowest BCUT2D eigenvalue weighted by molar-refractivity contribution is 0.384. The van der Waals surface area contributed by atoms with Crippen LogP contribution in [-0.4, -0.2) is 6.16 Å². The third kappa shape index (κ3) is 5.92. The molecule has 0 N–H and O–H groups in total. The zero-order valence-corrected chi connectivity index (χ0v) is 17.5. The van der Waals surface area contributed by atoms with Crippen molar-refractivity contribution in [3.05, 3.63) is 59.7 Å². The van der Waals surface area contributed by atoms with Gasteiger partial charge in [-0.05, 0) is 53.6 Å². The standard InChI is InChI=1S/C22H31O3P/c1-6-7-16-26(23,24-21-12-8-19(9-13-21)17(2)3)25-22-14-10-20(11-15-22)18(4)5/h8-15,17-18H,6-7,16H2,1-5H3. The van der Waals surface area contributed by atoms with Gasteiger partial charge in [0, 0.05) is 0 Å². The van der Waals surface area contributed by atoms with Crippen molar-refractivity contribution in [2.24, 2.45) is 0 Å². The summed E-state index contributed by atoms with van der Waals surface area (Å²) in [5, 5.41) is 0. The molecule has 0 amide bonds. The van der Waals surface area contributed by atoms with Gasteiger partial charge in [-0.25, -0.2) is 4.57 Å². The molecule has 0 unspecified atom stereocenters. The molecule has 26 heavy (non-hydrogen) atoms. The average Bonchev–Trinajstić information content (AvgIpc) is 2.61. The zero-order chi connectivity index (χ0) is 19.2. The van der Waals surface area contributed by atoms with Gasteiger partial charge in [-0.15, -0.1) is 0 Å². The van der Waals surface area contributed by atoms with Crippen LogP contribution >= 0.6 is 7.60 Å². The first-order valence-electron chi connectivity index (χ1n) is 9.51. The molecule has 0 bridgehead atoms. The molecular weight excluding hydrogens is 343 g/mol. The van der Waals surface area contributed by atoms with Crippen molar-refractivity contribution < 1.29 is 13.6 Å². The number of benzene rings is 2. The molecule has 0 saturated heterocycles. The van der Waals surface area contributed by atoms with Gasteiger partial charge in [-0.3, -0.25) is 0 Å². The van der Waals surface area contributed by atoms with E-state index < -0.39 is 7.60 Å². The maximum atomic E-state index is 13.3. The predicted molar refractivity (Wildman–Crippen MR) is 110 cm³/mol. The van der Waals surface area contributed by atoms with Crippen molar-refractivity contribution in [1.29, 1.82) is 0 Å². The Labute approximate surface area is 158 Å². The van der Waals surface area contributed by atoms with Gasteiger partial charge in [0.25, 0.3) is 0 Å². The molecule has 0 radical (unpaired) electrons. The molecule has 2 aromatic rings. The number of rotatable bonds is 9. The third-order valence-electron chi connectivity index (χ3n) is 4.37. The molecule has 0 atom stereocenters. The average molecular weight is 374 g/mol. The molecule has 0 aliphatic heterocycles. The normalized spacial score (nSPS) is 11.8. The van der Waals surface area contributed by atoms with E-state index in [2.05, 4.69) is 34.6 Å². The fourth-order valence-corrected chi connectivity index (χ4v) is 4.42. The second-order valence-corrected chi connectivity index (χ2v) is 9.35. The van der Waals surface area contributed by atoms with Crippen LogP contribution in [0, 0.1) is 0 Å². The molecule has 2 aromatic carbocycles. The summed E-state index contributed by atoms with van der Waals surface area (Å²) in [5.74, 6) is 2.08. The van der Waals surface area contributed by atoms with Gasteiger partial charge in [0.1, 0.15) is 11.5 Å². The van der Waals surface area contributed by atoms with Crippen LogP contribution in [0.5, 0.6) is 11.5 Å². The smallest absolute Gasteiger partial charge is 0.416 e. The quantitative estimate of drug-likeness (QED) is 0.429. The summed E-state index contributed by atoms with van der Waals surface area (Å²) in [5.41, 5.74) is 2.46. The maximum Gasteiger partial charge on any atom is 0.430 e. The molecular formula is C22H31O3P. The summed E-state index contributed by atoms with van der Waals surface area (Å²) < 4.78 is 25.0. The van der Waals surface area contributed by atoms with E-state index in [1.807, 2.05) is 48.5 Å². The van der Waals surface area contributed by atoms with Gasteiger partial charge < -0.3 is 9.05 Å². The molecule has 3 nitrogen and oxygen atoms in total. The van der Waals surface area contributed by atoms with Gasteiger partial charge in [0.05, 0.1) is 6.16 Å². The van der Waals surface area contributed by atoms with Crippen LogP contribution < -0.4 is 9.05 Å². The Kier molecular flexibility index (Phi) is 7.34. The van der Waals surface area contributed by atoms with E-state index in [-0.39, 0.29) is 0 Å². The highest BCUT2D eigenvalue weighted by molar-refractivity contribution is 7.54. The molecule has 0 heterocycles. The summed E-state index contributed by atoms with van der Waals surface area (Å²) in [6.45, 7) is 10.6. The SMILES string of the molecule is CCCCP(=O)(Oc1ccc(C(C)C)cc1)Oc1ccc(C(C)C)cc1. The first-order chi connectivity index (χ1) is 12.3. The highest BCUT2D eigenvalue weighted by Crippen LogP contribution is 2.49. The third-order valence-corrected chi connectivity index (χ3v) is 6.21. The molecule has 2 rings (SSSR count). The molecule has 4 heteroatoms. The first kappa shape index (κ1) is 20.6. The summed E-state index contributed by atoms with van der Waals surface area (Å²) >= 11 is 0. The molecule has 142 valence electrons. The van der Waals surface area contributed by atoms with Crippen LogP contribution in [-0.2, 0) is 4.57 Å². The number of hydrogen-bond acceptors (Lipinski definition) is 3. The lowest BCUT2D eigenvalue weighted by Gasteiger charge is -2.20. The van der Waals surface area contributed by atoms with Crippen molar-refractivity contribution in [3.63, 3.8) is 0 Å². The maximum absolute atomic E-state index is 13.3. The number of unbranched alkanes of at least 4 members (excludes halogenated alkanes) is 1. The van der Waals surface area contributed by atoms with Crippen molar-refractivity contribution in [1.82, 2.24) is 0 Å². The lowest BCUT2D eigenvalue weighted by Crippen LogP contribution is -2.05. The van der Waals surface area contributed by atoms with Gasteiger partial charge in [-0.2, -0.15) is 0 Å². The lowest BCUT2D eigenvalue weighted by atomic mass is 10.0. The van der Waals surface area contributed by atoms with E-state index in [1.165, 1.54) is 11.1 Å². The Morgan fingerprint density at radius 2 is 1.15 bits per heavy atom. The van der Waals surface area contributed by atoms with Crippen LogP contribution in [0.15, 0.2) is 48.5 Å². The zero-order valence-electron chi connectivity index (χ0n) is 16.6. The van der Waals surface area contributed by atoms with Crippen molar-refractivity contribution in [3.8, 4) is 11.5 Å². The van der Waals surface area contributed by atoms with Gasteiger partial charge in [0.15, 0.2) is 0 Å². The minimum absolute atomic E-state index is 0.404. The van der Waals surface area contributed by atoms with Crippen LogP contribution in [0.25, 0.3) is 0 Å². The van der Waals surface area contributed by atoms with Gasteiger partial charge in [-0.1, -0.05) is 65.3 Å². The molecule has 0 saturated carbocycles. The fourth-order valence-electron chi connectivity index (χ4n) is 2.61. The molecule has 0 aromatic heterocycles. The van der Waals surface area contributed by atoms with E-state index in [0.717, 1.165) is 12.8 Å². The molecule has 0 spiro atoms. The summed E-state index contributed by atoms with van der Waals surface area (Å²) in [6, 6.07) is 15.6. The highest BCUT2D eigenvalue weighted by atomic mass is 31.2. The molecule has 0 aliphatic carbocycles. The van der Waals surface area contributed by atoms with Crippen LogP contribution in [0.4, 0.5) is 0 Å². The van der Waals surface area contributed by atoms with E-state index in [0.29, 0.717) is 29.5 Å². The van der Waals surface area contributed by atoms with E-state index in [1.54, 1.807) is 0 Å². The Hall–Kier alpha value is -1.73. The van der Waals surface area contributed by atoms with Crippen molar-refractivity contribution in [2.75, 3.05) is 6.16 Å². The van der Waals surface area contributed by atoms with Crippen LogP contribution in [0.3, 0.4) is 0 Å². The van der Waals surface area contributed by atoms with E-state index in [9.17, 15) is 4.57 Å². The van der Waals surface area contributed by atoms with E-state index in [4.69, 9.17) is 9.05 Å². The van der Waals surface area contributed by atoms with Crippen molar-refractivity contribution in [2.45, 2.75) is 59.3 Å². The van der Waals surface area contributed by atoms with Gasteiger partial charge >= 0.3 is 7.60 Å². The second-order valence-electron chi connectivity index (χ2n) is 7.32. The van der Waals surface area contributed by atoms with Gasteiger partial charge in [0.2, 0.25) is 0 Å². The Balaban J connectivity index is 2.16. The monoisotopic (exact) mass is 374 g/mol. The van der Waals surface area contributed by atoms with E-state index >= 15 is 0 Å². The Morgan fingerprint density at radius 1 is 0.769 bits per heavy atom. The number of hydrogen-bond donors (Lipinski definition) is 0. The highest BCUT2D eigenvalue weighted by Gasteiger charge is 2.27. The Bertz CT molecular complexity index is 661. The van der Waals surface area contributed by atoms with Crippen molar-refractivity contribution >= 4 is 7.60 Å². The summed E-state index contributed by atoms with van der Waals surface area (Å²) in [6.07, 6.45) is 2.14. The van der Waals surface area contributed by atoms with Crippen LogP contribution in [0.2, 0.25) is 0 Å². The summed E-state index contributed by atoms with van der Waals surface area (Å²) in [4.78, 5) is 0. The first-order valence-corrected chi connectivity index (χ1v) is 11.2. The molecule has 0 fully saturated rings. The summed E-state index contributed by atoms with van der Waals surface area (Å²) in [7, 11) is -3.26. The van der Waals surface area contributed by atoms with Crippen LogP contribution in [0.1, 0.15) is 70.4 Å².